The van der Waals surface area contributed by atoms with Crippen molar-refractivity contribution in [3.63, 3.8) is 0 Å². The van der Waals surface area contributed by atoms with Crippen LogP contribution in [0.2, 0.25) is 0 Å². The minimum Gasteiger partial charge on any atom is -0.249 e. The lowest BCUT2D eigenvalue weighted by Crippen LogP contribution is -2.12. The molecule has 0 aliphatic rings. The van der Waals surface area contributed by atoms with Gasteiger partial charge in [0.2, 0.25) is 0 Å². The van der Waals surface area contributed by atoms with Crippen molar-refractivity contribution in [3.05, 3.63) is 31.1 Å². The molecule has 0 spiro atoms. The van der Waals surface area contributed by atoms with Crippen LogP contribution in [0.3, 0.4) is 0 Å². The molecule has 4 rings (SSSR count). The maximum absolute atomic E-state index is 5.43. The van der Waals surface area contributed by atoms with Gasteiger partial charge in [0.1, 0.15) is 0 Å². The van der Waals surface area contributed by atoms with Crippen LogP contribution in [-0.4, -0.2) is 9.97 Å². The molecule has 0 saturated carbocycles. The van der Waals surface area contributed by atoms with Crippen LogP contribution in [0.5, 0.6) is 0 Å². The number of thiophene rings is 2. The number of benzene rings is 1. The van der Waals surface area contributed by atoms with E-state index in [-0.39, 0.29) is 0 Å². The number of fused-ring (bicyclic) bond motifs is 6. The first-order chi connectivity index (χ1) is 17.1. The summed E-state index contributed by atoms with van der Waals surface area (Å²) >= 11 is 11.1. The number of aromatic nitrogens is 2. The molecule has 0 aliphatic heterocycles. The highest BCUT2D eigenvalue weighted by atomic mass is 79.9. The molecular weight excluding hydrogens is 612 g/mol. The van der Waals surface area contributed by atoms with Crippen LogP contribution in [0.15, 0.2) is 19.7 Å². The summed E-state index contributed by atoms with van der Waals surface area (Å²) in [5, 5.41) is 2.47. The van der Waals surface area contributed by atoms with Crippen LogP contribution in [0.4, 0.5) is 0 Å². The Labute approximate surface area is 242 Å². The highest BCUT2D eigenvalue weighted by Crippen LogP contribution is 2.45. The van der Waals surface area contributed by atoms with Crippen LogP contribution < -0.4 is 0 Å². The molecule has 0 amide bonds. The molecule has 0 N–H and O–H groups in total. The average molecular weight is 653 g/mol. The molecule has 1 aromatic carbocycles. The van der Waals surface area contributed by atoms with Crippen molar-refractivity contribution in [2.45, 2.75) is 92.9 Å². The number of rotatable bonds is 12. The Hall–Kier alpha value is -0.560. The third-order valence-corrected chi connectivity index (χ3v) is 10.7. The van der Waals surface area contributed by atoms with Gasteiger partial charge in [-0.1, -0.05) is 80.1 Å². The number of nitrogens with zero attached hydrogens (tertiary/aromatic N) is 2. The zero-order valence-corrected chi connectivity index (χ0v) is 27.4. The predicted molar refractivity (Wildman–Crippen MR) is 169 cm³/mol. The van der Waals surface area contributed by atoms with Gasteiger partial charge in [-0.05, 0) is 80.5 Å². The van der Waals surface area contributed by atoms with Gasteiger partial charge in [-0.25, -0.2) is 9.97 Å². The van der Waals surface area contributed by atoms with Gasteiger partial charge in [0.25, 0.3) is 0 Å². The first-order valence-electron chi connectivity index (χ1n) is 13.6. The molecule has 2 nitrogen and oxygen atoms in total. The van der Waals surface area contributed by atoms with Crippen LogP contribution in [0.1, 0.15) is 91.5 Å². The van der Waals surface area contributed by atoms with Crippen LogP contribution in [0, 0.1) is 23.7 Å². The lowest BCUT2D eigenvalue weighted by atomic mass is 9.92. The molecule has 0 bridgehead atoms. The summed E-state index contributed by atoms with van der Waals surface area (Å²) in [4.78, 5) is 10.9. The van der Waals surface area contributed by atoms with Gasteiger partial charge in [-0.15, -0.1) is 22.7 Å². The zero-order valence-electron chi connectivity index (χ0n) is 22.6. The van der Waals surface area contributed by atoms with Gasteiger partial charge >= 0.3 is 0 Å². The summed E-state index contributed by atoms with van der Waals surface area (Å²) in [5.41, 5.74) is 4.61. The van der Waals surface area contributed by atoms with E-state index in [0.717, 1.165) is 43.3 Å². The van der Waals surface area contributed by atoms with E-state index in [0.29, 0.717) is 11.8 Å². The molecule has 0 fully saturated rings. The maximum atomic E-state index is 5.43. The first kappa shape index (κ1) is 28.4. The molecule has 0 saturated heterocycles. The predicted octanol–water partition coefficient (Wildman–Crippen LogP) is 11.6. The van der Waals surface area contributed by atoms with Crippen LogP contribution in [-0.2, 0) is 12.8 Å². The monoisotopic (exact) mass is 650 g/mol. The molecule has 4 aromatic rings. The number of hydrogen-bond acceptors (Lipinski definition) is 4. The summed E-state index contributed by atoms with van der Waals surface area (Å²) in [5.74, 6) is 2.79. The van der Waals surface area contributed by atoms with E-state index in [2.05, 4.69) is 85.5 Å². The van der Waals surface area contributed by atoms with E-state index in [1.54, 1.807) is 0 Å². The molecular formula is C30H40Br2N2S2. The van der Waals surface area contributed by atoms with Gasteiger partial charge in [0.15, 0.2) is 0 Å². The lowest BCUT2D eigenvalue weighted by Gasteiger charge is -2.18. The summed E-state index contributed by atoms with van der Waals surface area (Å²) < 4.78 is 4.95. The highest BCUT2D eigenvalue weighted by molar-refractivity contribution is 9.11. The van der Waals surface area contributed by atoms with Crippen LogP contribution in [0.25, 0.3) is 31.2 Å². The van der Waals surface area contributed by atoms with E-state index < -0.39 is 0 Å². The number of halogens is 2. The third kappa shape index (κ3) is 6.90. The second-order valence-electron chi connectivity index (χ2n) is 11.7. The van der Waals surface area contributed by atoms with Crippen molar-refractivity contribution >= 4 is 85.7 Å². The average Bonchev–Trinajstić information content (AvgIpc) is 3.36. The van der Waals surface area contributed by atoms with E-state index in [1.165, 1.54) is 70.1 Å². The highest BCUT2D eigenvalue weighted by Gasteiger charge is 2.21. The second kappa shape index (κ2) is 12.5. The van der Waals surface area contributed by atoms with E-state index in [9.17, 15) is 0 Å². The smallest absolute Gasteiger partial charge is 0.0984 e. The summed E-state index contributed by atoms with van der Waals surface area (Å²) in [6.45, 7) is 14.1. The van der Waals surface area contributed by atoms with Crippen molar-refractivity contribution < 1.29 is 0 Å². The van der Waals surface area contributed by atoms with Gasteiger partial charge in [-0.2, -0.15) is 0 Å². The van der Waals surface area contributed by atoms with E-state index in [1.807, 2.05) is 22.7 Å². The molecule has 36 heavy (non-hydrogen) atoms. The quantitative estimate of drug-likeness (QED) is 0.152. The fraction of sp³-hybridized carbons (Fsp3) is 0.600. The Morgan fingerprint density at radius 1 is 0.639 bits per heavy atom. The van der Waals surface area contributed by atoms with Crippen molar-refractivity contribution in [3.8, 4) is 0 Å². The molecule has 6 heteroatoms. The molecule has 0 aliphatic carbocycles. The topological polar surface area (TPSA) is 25.8 Å². The largest absolute Gasteiger partial charge is 0.249 e. The minimum atomic E-state index is 0.620. The third-order valence-electron chi connectivity index (χ3n) is 7.21. The van der Waals surface area contributed by atoms with Crippen molar-refractivity contribution in [2.24, 2.45) is 23.7 Å². The Bertz CT molecular complexity index is 1220. The number of hydrogen-bond donors (Lipinski definition) is 0. The summed E-state index contributed by atoms with van der Waals surface area (Å²) in [7, 11) is 0. The van der Waals surface area contributed by atoms with E-state index in [4.69, 9.17) is 9.97 Å². The van der Waals surface area contributed by atoms with Gasteiger partial charge in [0.05, 0.1) is 39.4 Å². The summed E-state index contributed by atoms with van der Waals surface area (Å²) in [6.07, 6.45) is 9.77. The molecule has 2 atom stereocenters. The van der Waals surface area contributed by atoms with Gasteiger partial charge < -0.3 is 0 Å². The Balaban J connectivity index is 1.75. The van der Waals surface area contributed by atoms with Gasteiger partial charge in [0, 0.05) is 10.8 Å². The molecule has 1 unspecified atom stereocenters. The van der Waals surface area contributed by atoms with Crippen LogP contribution >= 0.6 is 54.5 Å². The van der Waals surface area contributed by atoms with Crippen molar-refractivity contribution in [1.29, 1.82) is 0 Å². The Morgan fingerprint density at radius 2 is 1.03 bits per heavy atom. The van der Waals surface area contributed by atoms with Crippen molar-refractivity contribution in [2.75, 3.05) is 0 Å². The fourth-order valence-corrected chi connectivity index (χ4v) is 8.59. The fourth-order valence-electron chi connectivity index (χ4n) is 5.23. The van der Waals surface area contributed by atoms with Gasteiger partial charge in [-0.3, -0.25) is 0 Å². The lowest BCUT2D eigenvalue weighted by molar-refractivity contribution is 0.441. The first-order valence-corrected chi connectivity index (χ1v) is 16.8. The molecule has 0 radical (unpaired) electrons. The van der Waals surface area contributed by atoms with Crippen molar-refractivity contribution in [1.82, 2.24) is 9.97 Å². The summed E-state index contributed by atoms with van der Waals surface area (Å²) in [6, 6.07) is 4.49. The zero-order chi connectivity index (χ0) is 26.0. The Kier molecular flexibility index (Phi) is 9.90. The normalized spacial score (nSPS) is 14.2. The molecule has 3 aromatic heterocycles. The SMILES string of the molecule is CC(C)CCCC(C)Cc1nc2c3cc(Br)sc3c3sc(Br)cc3c2nc1C[C@@H](C)CCCC(C)C. The second-order valence-corrected chi connectivity index (χ2v) is 16.5. The standard InChI is InChI=1S/C30H40Br2N2S2/c1-17(2)9-7-11-19(5)13-23-24(14-20(6)12-8-10-18(3)4)34-28-22-16-26(32)36-30(22)29-21(27(28)33-23)15-25(31)35-29/h15-20H,7-14H2,1-6H3/t19-,20?/m0/s1. The maximum Gasteiger partial charge on any atom is 0.0984 e. The Morgan fingerprint density at radius 3 is 1.39 bits per heavy atom. The van der Waals surface area contributed by atoms with E-state index >= 15 is 0 Å². The molecule has 3 heterocycles. The minimum absolute atomic E-state index is 0.620. The molecule has 196 valence electrons.